The summed E-state index contributed by atoms with van der Waals surface area (Å²) in [6.45, 7) is 4.44. The van der Waals surface area contributed by atoms with Gasteiger partial charge in [0, 0.05) is 44.1 Å². The smallest absolute Gasteiger partial charge is 0.194 e. The third kappa shape index (κ3) is 3.35. The van der Waals surface area contributed by atoms with Crippen molar-refractivity contribution in [3.05, 3.63) is 35.6 Å². The van der Waals surface area contributed by atoms with Crippen LogP contribution >= 0.6 is 24.0 Å². The minimum Gasteiger partial charge on any atom is -0.377 e. The van der Waals surface area contributed by atoms with Gasteiger partial charge in [0.2, 0.25) is 0 Å². The topological polar surface area (TPSA) is 36.9 Å². The second kappa shape index (κ2) is 8.00. The van der Waals surface area contributed by atoms with Gasteiger partial charge in [0.05, 0.1) is 6.10 Å². The lowest BCUT2D eigenvalue weighted by molar-refractivity contribution is -0.171. The third-order valence-electron chi connectivity index (χ3n) is 6.32. The highest BCUT2D eigenvalue weighted by Crippen LogP contribution is 2.62. The Bertz CT molecular complexity index is 647. The number of halogens is 2. The first-order chi connectivity index (χ1) is 12.1. The summed E-state index contributed by atoms with van der Waals surface area (Å²) in [5, 5.41) is 3.77. The number of hydrogen-bond acceptors (Lipinski definition) is 2. The van der Waals surface area contributed by atoms with Crippen molar-refractivity contribution in [1.29, 1.82) is 0 Å². The van der Waals surface area contributed by atoms with E-state index in [9.17, 15) is 4.39 Å². The molecule has 3 fully saturated rings. The van der Waals surface area contributed by atoms with E-state index < -0.39 is 0 Å². The Balaban J connectivity index is 0.00000196. The monoisotopic (exact) mass is 473 g/mol. The number of ether oxygens (including phenoxy) is 1. The largest absolute Gasteiger partial charge is 0.377 e. The van der Waals surface area contributed by atoms with E-state index in [1.54, 1.807) is 0 Å². The predicted octanol–water partition coefficient (Wildman–Crippen LogP) is 3.80. The number of fused-ring (bicyclic) bond motifs is 2. The number of nitrogens with zero attached hydrogens (tertiary/aromatic N) is 2. The van der Waals surface area contributed by atoms with E-state index in [1.807, 2.05) is 12.1 Å². The Labute approximate surface area is 172 Å². The summed E-state index contributed by atoms with van der Waals surface area (Å²) in [5.41, 5.74) is 1.43. The zero-order valence-corrected chi connectivity index (χ0v) is 17.9. The van der Waals surface area contributed by atoms with Gasteiger partial charge in [-0.2, -0.15) is 0 Å². The number of aliphatic imine (C=N–C) groups is 1. The Morgan fingerprint density at radius 3 is 2.69 bits per heavy atom. The molecule has 0 bridgehead atoms. The second-order valence-electron chi connectivity index (χ2n) is 7.73. The average Bonchev–Trinajstić information content (AvgIpc) is 2.97. The minimum absolute atomic E-state index is 0. The molecule has 1 spiro atoms. The van der Waals surface area contributed by atoms with Crippen molar-refractivity contribution in [3.63, 3.8) is 0 Å². The Morgan fingerprint density at radius 1 is 1.35 bits per heavy atom. The fourth-order valence-corrected chi connectivity index (χ4v) is 4.96. The van der Waals surface area contributed by atoms with E-state index in [0.29, 0.717) is 23.5 Å². The molecule has 0 radical (unpaired) electrons. The zero-order valence-electron chi connectivity index (χ0n) is 15.6. The predicted molar refractivity (Wildman–Crippen MR) is 112 cm³/mol. The highest BCUT2D eigenvalue weighted by molar-refractivity contribution is 14.0. The molecule has 1 heterocycles. The molecular formula is C20H29FIN3O. The van der Waals surface area contributed by atoms with Gasteiger partial charge in [-0.05, 0) is 43.9 Å². The van der Waals surface area contributed by atoms with E-state index in [2.05, 4.69) is 24.2 Å². The normalized spacial score (nSPS) is 28.6. The van der Waals surface area contributed by atoms with Gasteiger partial charge in [0.1, 0.15) is 5.82 Å². The highest BCUT2D eigenvalue weighted by atomic mass is 127. The molecule has 1 aromatic rings. The van der Waals surface area contributed by atoms with Gasteiger partial charge in [0.25, 0.3) is 0 Å². The standard InChI is InChI=1S/C20H28FN3O.HI/c1-3-22-19(24(2)13-14-5-7-15(21)8-6-14)23-17-16-9-12-25-18(16)20(17)10-4-11-20;/h5-8,16-18H,3-4,9-13H2,1-2H3,(H,22,23);1H. The van der Waals surface area contributed by atoms with Crippen molar-refractivity contribution in [2.75, 3.05) is 20.2 Å². The summed E-state index contributed by atoms with van der Waals surface area (Å²) in [5.74, 6) is 1.38. The van der Waals surface area contributed by atoms with Crippen molar-refractivity contribution < 1.29 is 9.13 Å². The molecule has 0 amide bonds. The van der Waals surface area contributed by atoms with Gasteiger partial charge < -0.3 is 15.0 Å². The van der Waals surface area contributed by atoms with Crippen molar-refractivity contribution in [2.24, 2.45) is 16.3 Å². The lowest BCUT2D eigenvalue weighted by Gasteiger charge is -2.63. The summed E-state index contributed by atoms with van der Waals surface area (Å²) in [7, 11) is 2.06. The molecule has 2 aliphatic carbocycles. The van der Waals surface area contributed by atoms with Gasteiger partial charge in [-0.15, -0.1) is 24.0 Å². The zero-order chi connectivity index (χ0) is 17.4. The van der Waals surface area contributed by atoms with E-state index in [-0.39, 0.29) is 29.8 Å². The molecule has 6 heteroatoms. The lowest BCUT2D eigenvalue weighted by Crippen LogP contribution is -2.72. The van der Waals surface area contributed by atoms with Crippen LogP contribution in [0.1, 0.15) is 38.2 Å². The van der Waals surface area contributed by atoms with Crippen molar-refractivity contribution in [1.82, 2.24) is 10.2 Å². The summed E-state index contributed by atoms with van der Waals surface area (Å²) in [6.07, 6.45) is 5.48. The summed E-state index contributed by atoms with van der Waals surface area (Å²) >= 11 is 0. The van der Waals surface area contributed by atoms with Gasteiger partial charge in [0.15, 0.2) is 5.96 Å². The summed E-state index contributed by atoms with van der Waals surface area (Å²) < 4.78 is 19.1. The maximum absolute atomic E-state index is 13.1. The number of hydrogen-bond donors (Lipinski definition) is 1. The molecule has 2 saturated carbocycles. The molecule has 4 nitrogen and oxygen atoms in total. The maximum atomic E-state index is 13.1. The van der Waals surface area contributed by atoms with E-state index in [4.69, 9.17) is 9.73 Å². The SMILES string of the molecule is CCN=C(NC1C2CCOC2C12CCC2)N(C)Cc1ccc(F)cc1.I. The summed E-state index contributed by atoms with van der Waals surface area (Å²) in [6, 6.07) is 7.20. The fraction of sp³-hybridized carbons (Fsp3) is 0.650. The number of rotatable bonds is 4. The number of benzene rings is 1. The first-order valence-corrected chi connectivity index (χ1v) is 9.52. The van der Waals surface area contributed by atoms with Crippen LogP contribution in [0.25, 0.3) is 0 Å². The number of guanidine groups is 1. The molecule has 3 atom stereocenters. The third-order valence-corrected chi connectivity index (χ3v) is 6.32. The van der Waals surface area contributed by atoms with Gasteiger partial charge >= 0.3 is 0 Å². The van der Waals surface area contributed by atoms with Crippen LogP contribution in [0.4, 0.5) is 4.39 Å². The molecule has 26 heavy (non-hydrogen) atoms. The fourth-order valence-electron chi connectivity index (χ4n) is 4.96. The highest BCUT2D eigenvalue weighted by Gasteiger charge is 2.66. The molecule has 1 aromatic carbocycles. The van der Waals surface area contributed by atoms with Gasteiger partial charge in [-0.25, -0.2) is 4.39 Å². The van der Waals surface area contributed by atoms with E-state index in [1.165, 1.54) is 31.4 Å². The average molecular weight is 473 g/mol. The van der Waals surface area contributed by atoms with E-state index >= 15 is 0 Å². The quantitative estimate of drug-likeness (QED) is 0.411. The van der Waals surface area contributed by atoms with Gasteiger partial charge in [-0.1, -0.05) is 18.6 Å². The lowest BCUT2D eigenvalue weighted by atomic mass is 9.46. The molecule has 1 N–H and O–H groups in total. The van der Waals surface area contributed by atoms with Crippen LogP contribution in [-0.2, 0) is 11.3 Å². The molecule has 0 aromatic heterocycles. The minimum atomic E-state index is -0.194. The van der Waals surface area contributed by atoms with Crippen molar-refractivity contribution in [2.45, 2.75) is 51.3 Å². The molecule has 144 valence electrons. The molecule has 4 rings (SSSR count). The Hall–Kier alpha value is -0.890. The van der Waals surface area contributed by atoms with Crippen molar-refractivity contribution >= 4 is 29.9 Å². The molecular weight excluding hydrogens is 444 g/mol. The van der Waals surface area contributed by atoms with Crippen LogP contribution in [0, 0.1) is 17.2 Å². The maximum Gasteiger partial charge on any atom is 0.194 e. The van der Waals surface area contributed by atoms with Crippen LogP contribution in [0.2, 0.25) is 0 Å². The Morgan fingerprint density at radius 2 is 2.08 bits per heavy atom. The first kappa shape index (κ1) is 19.9. The Kier molecular flexibility index (Phi) is 6.11. The molecule has 1 aliphatic heterocycles. The summed E-state index contributed by atoms with van der Waals surface area (Å²) in [4.78, 5) is 6.86. The van der Waals surface area contributed by atoms with E-state index in [0.717, 1.165) is 37.6 Å². The van der Waals surface area contributed by atoms with Crippen LogP contribution in [0.15, 0.2) is 29.3 Å². The van der Waals surface area contributed by atoms with Crippen LogP contribution < -0.4 is 5.32 Å². The van der Waals surface area contributed by atoms with Crippen LogP contribution in [0.3, 0.4) is 0 Å². The number of nitrogens with one attached hydrogen (secondary N) is 1. The van der Waals surface area contributed by atoms with Gasteiger partial charge in [-0.3, -0.25) is 4.99 Å². The second-order valence-corrected chi connectivity index (χ2v) is 7.73. The van der Waals surface area contributed by atoms with Crippen molar-refractivity contribution in [3.8, 4) is 0 Å². The van der Waals surface area contributed by atoms with Crippen LogP contribution in [-0.4, -0.2) is 43.2 Å². The van der Waals surface area contributed by atoms with Crippen LogP contribution in [0.5, 0.6) is 0 Å². The molecule has 1 saturated heterocycles. The molecule has 3 aliphatic rings. The molecule has 3 unspecified atom stereocenters. The first-order valence-electron chi connectivity index (χ1n) is 9.52.